The number of carbonyl (C=O) groups is 4. The summed E-state index contributed by atoms with van der Waals surface area (Å²) in [6.07, 6.45) is 84.1. The third-order valence-corrected chi connectivity index (χ3v) is 17.7. The molecule has 0 aromatic carbocycles. The van der Waals surface area contributed by atoms with Gasteiger partial charge in [0, 0.05) is 25.7 Å². The molecule has 19 heteroatoms. The molecule has 0 saturated heterocycles. The fraction of sp³-hybridized carbons (Fsp3) is 0.663. The Bertz CT molecular complexity index is 2510. The van der Waals surface area contributed by atoms with Crippen molar-refractivity contribution in [3.8, 4) is 0 Å². The molecule has 0 spiro atoms. The molecule has 0 aliphatic heterocycles. The zero-order valence-electron chi connectivity index (χ0n) is 63.5. The third kappa shape index (κ3) is 73.3. The smallest absolute Gasteiger partial charge is 0.462 e. The molecule has 0 amide bonds. The van der Waals surface area contributed by atoms with Crippen LogP contribution in [0.4, 0.5) is 0 Å². The van der Waals surface area contributed by atoms with Crippen LogP contribution >= 0.6 is 15.6 Å². The Morgan fingerprint density at radius 2 is 0.510 bits per heavy atom. The van der Waals surface area contributed by atoms with Gasteiger partial charge in [-0.2, -0.15) is 0 Å². The highest BCUT2D eigenvalue weighted by atomic mass is 31.2. The molecule has 0 aliphatic rings. The van der Waals surface area contributed by atoms with Crippen molar-refractivity contribution < 1.29 is 80.2 Å². The maximum atomic E-state index is 13.1. The van der Waals surface area contributed by atoms with Crippen molar-refractivity contribution in [1.29, 1.82) is 0 Å². The van der Waals surface area contributed by atoms with Gasteiger partial charge >= 0.3 is 39.5 Å². The molecule has 0 aromatic heterocycles. The summed E-state index contributed by atoms with van der Waals surface area (Å²) in [6.45, 7) is 4.43. The Labute approximate surface area is 617 Å². The molecule has 102 heavy (non-hydrogen) atoms. The van der Waals surface area contributed by atoms with E-state index in [1.165, 1.54) is 51.4 Å². The van der Waals surface area contributed by atoms with E-state index in [1.807, 2.05) is 0 Å². The normalized spacial score (nSPS) is 14.7. The average Bonchev–Trinajstić information content (AvgIpc) is 0.924. The van der Waals surface area contributed by atoms with Crippen LogP contribution in [0.25, 0.3) is 0 Å². The maximum Gasteiger partial charge on any atom is 0.472 e. The van der Waals surface area contributed by atoms with Crippen molar-refractivity contribution in [2.24, 2.45) is 0 Å². The van der Waals surface area contributed by atoms with Gasteiger partial charge in [-0.3, -0.25) is 37.3 Å². The lowest BCUT2D eigenvalue weighted by Gasteiger charge is -2.21. The summed E-state index contributed by atoms with van der Waals surface area (Å²) in [6, 6.07) is 0. The summed E-state index contributed by atoms with van der Waals surface area (Å²) in [5, 5.41) is 10.6. The minimum atomic E-state index is -5.00. The van der Waals surface area contributed by atoms with Gasteiger partial charge in [0.15, 0.2) is 12.2 Å². The second kappa shape index (κ2) is 74.2. The number of esters is 4. The average molecular weight is 1470 g/mol. The zero-order chi connectivity index (χ0) is 74.6. The standard InChI is InChI=1S/C83H138O17P2/c1-5-9-13-17-21-25-29-33-36-37-38-39-42-45-48-52-56-60-64-68-81(86)94-74-79(100-83(88)70-66-62-58-54-50-46-41-35-31-27-23-19-15-11-7-3)76-98-102(91,92)96-72-77(84)71-95-101(89,90)97-75-78(99-82(87)69-65-61-57-53-49-43-32-28-24-20-16-12-8-4)73-93-80(85)67-63-59-55-51-47-44-40-34-30-26-22-18-14-10-6-2/h9-11,13-15,21-23,25-27,33-36,38-41,45,47-48,51,77-79,84H,5-8,12,16-20,24,28-32,37,42-44,46,49-50,52-76H2,1-4H3,(H,89,90)(H,91,92)/b13-9-,14-10-,15-11-,25-21-,26-22-,27-23-,36-33-,39-38-,40-34-,41-35-,48-45-,51-47-. The Kier molecular flexibility index (Phi) is 70.5. The molecule has 0 aromatic rings. The van der Waals surface area contributed by atoms with E-state index in [4.69, 9.17) is 37.0 Å². The minimum Gasteiger partial charge on any atom is -0.462 e. The summed E-state index contributed by atoms with van der Waals surface area (Å²) in [5.74, 6) is -2.28. The van der Waals surface area contributed by atoms with Gasteiger partial charge in [0.05, 0.1) is 26.4 Å². The van der Waals surface area contributed by atoms with Gasteiger partial charge in [0.1, 0.15) is 19.3 Å². The van der Waals surface area contributed by atoms with E-state index in [9.17, 15) is 43.2 Å². The van der Waals surface area contributed by atoms with E-state index in [0.717, 1.165) is 167 Å². The quantitative estimate of drug-likeness (QED) is 0.0169. The lowest BCUT2D eigenvalue weighted by molar-refractivity contribution is -0.161. The molecule has 0 bridgehead atoms. The molecule has 5 unspecified atom stereocenters. The van der Waals surface area contributed by atoms with Gasteiger partial charge in [-0.25, -0.2) is 9.13 Å². The topological polar surface area (TPSA) is 237 Å². The molecule has 0 fully saturated rings. The van der Waals surface area contributed by atoms with Crippen LogP contribution < -0.4 is 0 Å². The number of aliphatic hydroxyl groups excluding tert-OH is 1. The van der Waals surface area contributed by atoms with Crippen LogP contribution in [0.2, 0.25) is 0 Å². The minimum absolute atomic E-state index is 0.0628. The number of allylic oxidation sites excluding steroid dienone is 24. The Morgan fingerprint density at radius 1 is 0.284 bits per heavy atom. The highest BCUT2D eigenvalue weighted by molar-refractivity contribution is 7.47. The summed E-state index contributed by atoms with van der Waals surface area (Å²) >= 11 is 0. The summed E-state index contributed by atoms with van der Waals surface area (Å²) in [4.78, 5) is 72.9. The Balaban J connectivity index is 5.43. The van der Waals surface area contributed by atoms with Crippen molar-refractivity contribution in [2.45, 2.75) is 316 Å². The van der Waals surface area contributed by atoms with Crippen LogP contribution in [-0.4, -0.2) is 96.7 Å². The van der Waals surface area contributed by atoms with E-state index < -0.39 is 97.5 Å². The molecule has 17 nitrogen and oxygen atoms in total. The van der Waals surface area contributed by atoms with Crippen molar-refractivity contribution in [2.75, 3.05) is 39.6 Å². The number of carbonyl (C=O) groups excluding carboxylic acids is 4. The third-order valence-electron chi connectivity index (χ3n) is 15.8. The van der Waals surface area contributed by atoms with Crippen LogP contribution in [0.1, 0.15) is 297 Å². The molecule has 0 aliphatic carbocycles. The molecule has 0 radical (unpaired) electrons. The number of aliphatic hydroxyl groups is 1. The maximum absolute atomic E-state index is 13.1. The van der Waals surface area contributed by atoms with Gasteiger partial charge in [-0.05, 0) is 141 Å². The van der Waals surface area contributed by atoms with Crippen molar-refractivity contribution >= 4 is 39.5 Å². The van der Waals surface area contributed by atoms with Gasteiger partial charge in [-0.15, -0.1) is 0 Å². The van der Waals surface area contributed by atoms with E-state index >= 15 is 0 Å². The van der Waals surface area contributed by atoms with E-state index in [2.05, 4.69) is 174 Å². The van der Waals surface area contributed by atoms with Crippen molar-refractivity contribution in [1.82, 2.24) is 0 Å². The Morgan fingerprint density at radius 3 is 0.814 bits per heavy atom. The fourth-order valence-electron chi connectivity index (χ4n) is 9.96. The van der Waals surface area contributed by atoms with Gasteiger partial charge < -0.3 is 33.8 Å². The van der Waals surface area contributed by atoms with Gasteiger partial charge in [0.2, 0.25) is 0 Å². The highest BCUT2D eigenvalue weighted by Crippen LogP contribution is 2.45. The van der Waals surface area contributed by atoms with Crippen LogP contribution in [0.5, 0.6) is 0 Å². The van der Waals surface area contributed by atoms with Gasteiger partial charge in [0.25, 0.3) is 0 Å². The monoisotopic (exact) mass is 1470 g/mol. The first-order valence-electron chi connectivity index (χ1n) is 39.1. The number of hydrogen-bond acceptors (Lipinski definition) is 15. The molecule has 0 saturated carbocycles. The van der Waals surface area contributed by atoms with E-state index in [-0.39, 0.29) is 25.7 Å². The number of unbranched alkanes of at least 4 members (excludes halogenated alkanes) is 22. The van der Waals surface area contributed by atoms with Gasteiger partial charge in [-0.1, -0.05) is 276 Å². The SMILES string of the molecule is CC/C=C\C/C=C\C/C=C\C/C=C\C/C=C\CCCCCC(=O)OCC(COP(=O)(O)OCC(O)COP(=O)(O)OCC(COC(=O)CCCC/C=C\C/C=C\C/C=C\C/C=C\CC)OC(=O)CCCCCCCCCCCCCCC)OC(=O)CCCCCCC/C=C\C/C=C\C/C=C\CC. The summed E-state index contributed by atoms with van der Waals surface area (Å²) in [5.41, 5.74) is 0. The molecule has 5 atom stereocenters. The van der Waals surface area contributed by atoms with Crippen molar-refractivity contribution in [3.63, 3.8) is 0 Å². The fourth-order valence-corrected chi connectivity index (χ4v) is 11.5. The molecular formula is C83H138O17P2. The zero-order valence-corrected chi connectivity index (χ0v) is 65.3. The van der Waals surface area contributed by atoms with Crippen LogP contribution in [0, 0.1) is 0 Å². The molecule has 582 valence electrons. The van der Waals surface area contributed by atoms with Crippen molar-refractivity contribution in [3.05, 3.63) is 146 Å². The summed E-state index contributed by atoms with van der Waals surface area (Å²) < 4.78 is 68.5. The van der Waals surface area contributed by atoms with E-state index in [0.29, 0.717) is 25.7 Å². The molecule has 0 rings (SSSR count). The number of phosphoric ester groups is 2. The predicted molar refractivity (Wildman–Crippen MR) is 417 cm³/mol. The lowest BCUT2D eigenvalue weighted by atomic mass is 10.0. The predicted octanol–water partition coefficient (Wildman–Crippen LogP) is 22.7. The molecular weight excluding hydrogens is 1330 g/mol. The number of phosphoric acid groups is 2. The lowest BCUT2D eigenvalue weighted by Crippen LogP contribution is -2.30. The highest BCUT2D eigenvalue weighted by Gasteiger charge is 2.30. The number of ether oxygens (including phenoxy) is 4. The first-order valence-corrected chi connectivity index (χ1v) is 42.1. The second-order valence-corrected chi connectivity index (χ2v) is 28.4. The largest absolute Gasteiger partial charge is 0.472 e. The second-order valence-electron chi connectivity index (χ2n) is 25.5. The van der Waals surface area contributed by atoms with Crippen LogP contribution in [0.15, 0.2) is 146 Å². The first kappa shape index (κ1) is 96.9. The number of rotatable bonds is 72. The van der Waals surface area contributed by atoms with Crippen LogP contribution in [-0.2, 0) is 65.4 Å². The van der Waals surface area contributed by atoms with E-state index in [1.54, 1.807) is 0 Å². The first-order chi connectivity index (χ1) is 49.7. The summed E-state index contributed by atoms with van der Waals surface area (Å²) in [7, 11) is -9.98. The molecule has 0 heterocycles. The Hall–Kier alpha value is -5.06. The van der Waals surface area contributed by atoms with Crippen LogP contribution in [0.3, 0.4) is 0 Å². The number of hydrogen-bond donors (Lipinski definition) is 3. The molecule has 3 N–H and O–H groups in total.